The maximum atomic E-state index is 13.2. The van der Waals surface area contributed by atoms with Crippen LogP contribution in [-0.4, -0.2) is 46.9 Å². The van der Waals surface area contributed by atoms with Crippen molar-refractivity contribution < 1.29 is 24.5 Å². The zero-order chi connectivity index (χ0) is 43.8. The van der Waals surface area contributed by atoms with E-state index in [-0.39, 0.29) is 24.9 Å². The van der Waals surface area contributed by atoms with E-state index in [1.165, 1.54) is 83.5 Å². The zero-order valence-corrected chi connectivity index (χ0v) is 39.3. The predicted molar refractivity (Wildman–Crippen MR) is 259 cm³/mol. The van der Waals surface area contributed by atoms with E-state index < -0.39 is 18.2 Å². The Morgan fingerprint density at radius 2 is 0.850 bits per heavy atom. The fourth-order valence-corrected chi connectivity index (χ4v) is 7.26. The lowest BCUT2D eigenvalue weighted by Gasteiger charge is -2.24. The van der Waals surface area contributed by atoms with E-state index >= 15 is 0 Å². The number of nitrogens with one attached hydrogen (secondary N) is 1. The van der Waals surface area contributed by atoms with Crippen LogP contribution in [0.25, 0.3) is 0 Å². The van der Waals surface area contributed by atoms with Crippen LogP contribution in [0.2, 0.25) is 0 Å². The molecule has 0 aliphatic heterocycles. The van der Waals surface area contributed by atoms with Crippen molar-refractivity contribution >= 4 is 11.9 Å². The first-order chi connectivity index (χ1) is 29.5. The summed E-state index contributed by atoms with van der Waals surface area (Å²) in [6, 6.07) is -0.715. The van der Waals surface area contributed by atoms with Crippen molar-refractivity contribution in [2.45, 2.75) is 251 Å². The minimum Gasteiger partial charge on any atom is -0.462 e. The van der Waals surface area contributed by atoms with Gasteiger partial charge in [-0.3, -0.25) is 9.59 Å². The largest absolute Gasteiger partial charge is 0.462 e. The van der Waals surface area contributed by atoms with Crippen LogP contribution < -0.4 is 5.32 Å². The lowest BCUT2D eigenvalue weighted by Crippen LogP contribution is -2.46. The number of rotatable bonds is 44. The van der Waals surface area contributed by atoms with Gasteiger partial charge >= 0.3 is 5.97 Å². The Bertz CT molecular complexity index is 1120. The van der Waals surface area contributed by atoms with Gasteiger partial charge in [0.25, 0.3) is 0 Å². The number of aliphatic hydroxyl groups excluding tert-OH is 2. The van der Waals surface area contributed by atoms with Crippen molar-refractivity contribution in [1.29, 1.82) is 0 Å². The third-order valence-electron chi connectivity index (χ3n) is 11.1. The minimum atomic E-state index is -0.799. The van der Waals surface area contributed by atoms with Gasteiger partial charge in [-0.05, 0) is 77.0 Å². The highest BCUT2D eigenvalue weighted by Gasteiger charge is 2.24. The summed E-state index contributed by atoms with van der Waals surface area (Å²) in [5.74, 6) is -0.524. The molecule has 0 aromatic rings. The van der Waals surface area contributed by atoms with Crippen molar-refractivity contribution in [3.05, 3.63) is 72.9 Å². The molecule has 3 unspecified atom stereocenters. The highest BCUT2D eigenvalue weighted by Crippen LogP contribution is 2.17. The van der Waals surface area contributed by atoms with E-state index in [0.717, 1.165) is 103 Å². The Morgan fingerprint density at radius 1 is 0.483 bits per heavy atom. The SMILES string of the molecule is CCCCC/C=C/C=C/C=C/C=C/CCCCCCCC(=O)OC(CCCCCC/C=C/C=C/CCCCC)CC(=O)NC(CO)C(O)CCCCCCCCCCCC. The molecule has 3 atom stereocenters. The van der Waals surface area contributed by atoms with Gasteiger partial charge in [0.2, 0.25) is 5.91 Å². The third-order valence-corrected chi connectivity index (χ3v) is 11.1. The van der Waals surface area contributed by atoms with Crippen molar-refractivity contribution in [2.24, 2.45) is 0 Å². The molecule has 1 amide bonds. The van der Waals surface area contributed by atoms with Crippen LogP contribution in [0, 0.1) is 0 Å². The Labute approximate surface area is 371 Å². The van der Waals surface area contributed by atoms with Crippen LogP contribution in [-0.2, 0) is 14.3 Å². The molecule has 0 bridgehead atoms. The molecule has 0 rings (SSSR count). The summed E-state index contributed by atoms with van der Waals surface area (Å²) >= 11 is 0. The van der Waals surface area contributed by atoms with E-state index in [4.69, 9.17) is 4.74 Å². The normalized spacial score (nSPS) is 13.9. The van der Waals surface area contributed by atoms with Gasteiger partial charge < -0.3 is 20.3 Å². The number of allylic oxidation sites excluding steroid dienone is 12. The number of carbonyl (C=O) groups excluding carboxylic acids is 2. The van der Waals surface area contributed by atoms with Crippen LogP contribution in [0.1, 0.15) is 233 Å². The monoisotopic (exact) mass is 838 g/mol. The minimum absolute atomic E-state index is 0.0513. The summed E-state index contributed by atoms with van der Waals surface area (Å²) in [5.41, 5.74) is 0. The molecule has 0 aliphatic carbocycles. The summed E-state index contributed by atoms with van der Waals surface area (Å²) in [6.45, 7) is 6.38. The van der Waals surface area contributed by atoms with Gasteiger partial charge in [0.15, 0.2) is 0 Å². The summed E-state index contributed by atoms with van der Waals surface area (Å²) in [4.78, 5) is 26.1. The summed E-state index contributed by atoms with van der Waals surface area (Å²) in [6.07, 6.45) is 59.5. The van der Waals surface area contributed by atoms with Gasteiger partial charge in [0.1, 0.15) is 6.10 Å². The summed E-state index contributed by atoms with van der Waals surface area (Å²) in [7, 11) is 0. The Hall–Kier alpha value is -2.70. The topological polar surface area (TPSA) is 95.9 Å². The lowest BCUT2D eigenvalue weighted by atomic mass is 10.0. The van der Waals surface area contributed by atoms with Crippen molar-refractivity contribution in [2.75, 3.05) is 6.61 Å². The first-order valence-corrected chi connectivity index (χ1v) is 25.2. The number of amides is 1. The average molecular weight is 838 g/mol. The van der Waals surface area contributed by atoms with E-state index in [2.05, 4.69) is 99.0 Å². The number of hydrogen-bond acceptors (Lipinski definition) is 5. The lowest BCUT2D eigenvalue weighted by molar-refractivity contribution is -0.151. The Morgan fingerprint density at radius 3 is 1.33 bits per heavy atom. The molecule has 0 heterocycles. The average Bonchev–Trinajstić information content (AvgIpc) is 3.24. The quantitative estimate of drug-likeness (QED) is 0.0323. The molecule has 0 saturated heterocycles. The molecule has 6 nitrogen and oxygen atoms in total. The predicted octanol–water partition coefficient (Wildman–Crippen LogP) is 15.0. The van der Waals surface area contributed by atoms with Crippen LogP contribution in [0.15, 0.2) is 72.9 Å². The number of hydrogen-bond donors (Lipinski definition) is 3. The molecule has 0 radical (unpaired) electrons. The van der Waals surface area contributed by atoms with Gasteiger partial charge in [-0.1, -0.05) is 216 Å². The molecule has 3 N–H and O–H groups in total. The zero-order valence-electron chi connectivity index (χ0n) is 39.3. The van der Waals surface area contributed by atoms with Gasteiger partial charge in [-0.15, -0.1) is 0 Å². The molecule has 0 saturated carbocycles. The first kappa shape index (κ1) is 57.3. The number of ether oxygens (including phenoxy) is 1. The van der Waals surface area contributed by atoms with E-state index in [1.807, 2.05) is 0 Å². The van der Waals surface area contributed by atoms with Crippen LogP contribution in [0.4, 0.5) is 0 Å². The Kier molecular flexibility index (Phi) is 45.2. The van der Waals surface area contributed by atoms with Gasteiger partial charge in [0.05, 0.1) is 25.2 Å². The highest BCUT2D eigenvalue weighted by atomic mass is 16.5. The van der Waals surface area contributed by atoms with Crippen molar-refractivity contribution in [3.8, 4) is 0 Å². The second kappa shape index (κ2) is 47.4. The molecular formula is C54H95NO5. The maximum Gasteiger partial charge on any atom is 0.306 e. The van der Waals surface area contributed by atoms with E-state index in [0.29, 0.717) is 19.3 Å². The molecular weight excluding hydrogens is 743 g/mol. The number of aliphatic hydroxyl groups is 2. The van der Waals surface area contributed by atoms with Gasteiger partial charge in [0, 0.05) is 6.42 Å². The fourth-order valence-electron chi connectivity index (χ4n) is 7.26. The Balaban J connectivity index is 4.66. The maximum absolute atomic E-state index is 13.2. The van der Waals surface area contributed by atoms with Crippen LogP contribution in [0.5, 0.6) is 0 Å². The first-order valence-electron chi connectivity index (χ1n) is 25.2. The number of carbonyl (C=O) groups is 2. The number of unbranched alkanes of at least 4 members (excludes halogenated alkanes) is 24. The van der Waals surface area contributed by atoms with Crippen molar-refractivity contribution in [1.82, 2.24) is 5.32 Å². The standard InChI is InChI=1S/C54H95NO5/c1-4-7-10-13-16-19-22-24-25-26-27-28-30-32-35-38-41-44-47-54(59)60-50(45-42-39-36-33-31-29-23-20-17-14-11-8-5-2)48-53(58)55-51(49-56)52(57)46-43-40-37-34-21-18-15-12-9-6-3/h16-17,19-20,22-29,50-52,56-57H,4-15,18,21,30-49H2,1-3H3,(H,55,58)/b19-16+,20-17+,24-22+,26-25+,28-27+,29-23+. The smallest absolute Gasteiger partial charge is 0.306 e. The summed E-state index contributed by atoms with van der Waals surface area (Å²) in [5, 5.41) is 23.7. The highest BCUT2D eigenvalue weighted by molar-refractivity contribution is 5.77. The van der Waals surface area contributed by atoms with Crippen LogP contribution >= 0.6 is 0 Å². The van der Waals surface area contributed by atoms with E-state index in [9.17, 15) is 19.8 Å². The molecule has 60 heavy (non-hydrogen) atoms. The van der Waals surface area contributed by atoms with Gasteiger partial charge in [-0.2, -0.15) is 0 Å². The molecule has 0 spiro atoms. The van der Waals surface area contributed by atoms with Crippen LogP contribution in [0.3, 0.4) is 0 Å². The summed E-state index contributed by atoms with van der Waals surface area (Å²) < 4.78 is 5.91. The second-order valence-electron chi connectivity index (χ2n) is 17.0. The molecule has 6 heteroatoms. The molecule has 0 aromatic carbocycles. The molecule has 0 aliphatic rings. The molecule has 0 fully saturated rings. The van der Waals surface area contributed by atoms with Gasteiger partial charge in [-0.25, -0.2) is 0 Å². The molecule has 0 aromatic heterocycles. The number of esters is 1. The third kappa shape index (κ3) is 42.0. The fraction of sp³-hybridized carbons (Fsp3) is 0.741. The second-order valence-corrected chi connectivity index (χ2v) is 17.0. The van der Waals surface area contributed by atoms with E-state index in [1.54, 1.807) is 0 Å². The van der Waals surface area contributed by atoms with Crippen molar-refractivity contribution in [3.63, 3.8) is 0 Å². The molecule has 346 valence electrons.